The molecule has 1 N–H and O–H groups in total. The Morgan fingerprint density at radius 2 is 2.56 bits per heavy atom. The van der Waals surface area contributed by atoms with Gasteiger partial charge in [0.25, 0.3) is 0 Å². The van der Waals surface area contributed by atoms with Crippen LogP contribution in [0.25, 0.3) is 0 Å². The lowest BCUT2D eigenvalue weighted by Gasteiger charge is -2.12. The molecule has 0 aromatic heterocycles. The number of nitrogens with zero attached hydrogens (tertiary/aromatic N) is 1. The molecule has 0 aromatic carbocycles. The van der Waals surface area contributed by atoms with Crippen molar-refractivity contribution in [1.29, 1.82) is 0 Å². The fourth-order valence-corrected chi connectivity index (χ4v) is 0.651. The van der Waals surface area contributed by atoms with Crippen LogP contribution in [0.3, 0.4) is 0 Å². The summed E-state index contributed by atoms with van der Waals surface area (Å²) in [6.45, 7) is 4.14. The van der Waals surface area contributed by atoms with Gasteiger partial charge in [-0.15, -0.1) is 0 Å². The molecule has 0 spiro atoms. The van der Waals surface area contributed by atoms with E-state index in [0.29, 0.717) is 6.54 Å². The van der Waals surface area contributed by atoms with E-state index in [1.54, 1.807) is 18.4 Å². The predicted octanol–water partition coefficient (Wildman–Crippen LogP) is 1.32. The van der Waals surface area contributed by atoms with E-state index in [1.165, 1.54) is 0 Å². The fourth-order valence-electron chi connectivity index (χ4n) is 0.651. The van der Waals surface area contributed by atoms with Crippen molar-refractivity contribution in [2.75, 3.05) is 6.54 Å². The van der Waals surface area contributed by atoms with E-state index in [-0.39, 0.29) is 0 Å². The van der Waals surface area contributed by atoms with Crippen LogP contribution in [0.5, 0.6) is 0 Å². The molecule has 0 fully saturated rings. The summed E-state index contributed by atoms with van der Waals surface area (Å²) in [4.78, 5) is 0. The lowest BCUT2D eigenvalue weighted by Crippen LogP contribution is -2.13. The molecule has 1 aliphatic rings. The second-order valence-corrected chi connectivity index (χ2v) is 1.85. The molecule has 48 valence electrons. The highest BCUT2D eigenvalue weighted by atomic mass is 16.5. The first-order chi connectivity index (χ1) is 4.33. The van der Waals surface area contributed by atoms with Crippen LogP contribution in [0.4, 0.5) is 0 Å². The number of allylic oxidation sites excluding steroid dienone is 3. The fraction of sp³-hybridized carbons (Fsp3) is 0.143. The second-order valence-electron chi connectivity index (χ2n) is 1.85. The van der Waals surface area contributed by atoms with Crippen molar-refractivity contribution in [3.8, 4) is 0 Å². The lowest BCUT2D eigenvalue weighted by atomic mass is 10.2. The first-order valence-corrected chi connectivity index (χ1v) is 2.79. The van der Waals surface area contributed by atoms with Crippen LogP contribution >= 0.6 is 0 Å². The summed E-state index contributed by atoms with van der Waals surface area (Å²) < 4.78 is 0. The Morgan fingerprint density at radius 3 is 3.00 bits per heavy atom. The predicted molar refractivity (Wildman–Crippen MR) is 35.9 cm³/mol. The molecule has 1 rings (SSSR count). The van der Waals surface area contributed by atoms with E-state index in [1.807, 2.05) is 6.08 Å². The zero-order chi connectivity index (χ0) is 6.69. The largest absolute Gasteiger partial charge is 0.289 e. The standard InChI is InChI=1S/C7H9NO/c1-2-7-3-5-8(9)6-4-7/h2-5,9H,1,6H2. The summed E-state index contributed by atoms with van der Waals surface area (Å²) in [6.07, 6.45) is 7.06. The van der Waals surface area contributed by atoms with Gasteiger partial charge in [-0.3, -0.25) is 10.3 Å². The van der Waals surface area contributed by atoms with Crippen molar-refractivity contribution in [3.63, 3.8) is 0 Å². The number of hydrogen-bond donors (Lipinski definition) is 1. The minimum atomic E-state index is 0.553. The highest BCUT2D eigenvalue weighted by Crippen LogP contribution is 2.04. The number of rotatable bonds is 1. The number of hydrogen-bond acceptors (Lipinski definition) is 2. The van der Waals surface area contributed by atoms with E-state index in [2.05, 4.69) is 6.58 Å². The first-order valence-electron chi connectivity index (χ1n) is 2.79. The Morgan fingerprint density at radius 1 is 1.78 bits per heavy atom. The summed E-state index contributed by atoms with van der Waals surface area (Å²) in [7, 11) is 0. The summed E-state index contributed by atoms with van der Waals surface area (Å²) in [5, 5.41) is 9.91. The van der Waals surface area contributed by atoms with E-state index in [9.17, 15) is 0 Å². The van der Waals surface area contributed by atoms with E-state index >= 15 is 0 Å². The van der Waals surface area contributed by atoms with Crippen LogP contribution in [-0.2, 0) is 0 Å². The molecule has 0 saturated heterocycles. The third-order valence-electron chi connectivity index (χ3n) is 1.19. The smallest absolute Gasteiger partial charge is 0.0636 e. The Balaban J connectivity index is 2.62. The van der Waals surface area contributed by atoms with Gasteiger partial charge in [0.2, 0.25) is 0 Å². The van der Waals surface area contributed by atoms with Crippen molar-refractivity contribution in [2.45, 2.75) is 0 Å². The Hall–Kier alpha value is -1.02. The lowest BCUT2D eigenvalue weighted by molar-refractivity contribution is -0.0304. The topological polar surface area (TPSA) is 23.5 Å². The summed E-state index contributed by atoms with van der Waals surface area (Å²) >= 11 is 0. The molecule has 0 bridgehead atoms. The van der Waals surface area contributed by atoms with Crippen molar-refractivity contribution < 1.29 is 5.21 Å². The van der Waals surface area contributed by atoms with Crippen LogP contribution in [0.15, 0.2) is 36.6 Å². The van der Waals surface area contributed by atoms with Crippen LogP contribution < -0.4 is 0 Å². The summed E-state index contributed by atoms with van der Waals surface area (Å²) in [5.41, 5.74) is 1.06. The minimum absolute atomic E-state index is 0.553. The molecular weight excluding hydrogens is 114 g/mol. The van der Waals surface area contributed by atoms with Gasteiger partial charge in [0.05, 0.1) is 6.54 Å². The maximum atomic E-state index is 8.79. The minimum Gasteiger partial charge on any atom is -0.289 e. The molecule has 0 aliphatic carbocycles. The van der Waals surface area contributed by atoms with Gasteiger partial charge in [-0.2, -0.15) is 0 Å². The average molecular weight is 123 g/mol. The molecule has 0 aromatic rings. The van der Waals surface area contributed by atoms with Gasteiger partial charge in [-0.05, 0) is 11.6 Å². The third-order valence-corrected chi connectivity index (χ3v) is 1.19. The highest BCUT2D eigenvalue weighted by Gasteiger charge is 1.95. The number of hydroxylamine groups is 2. The molecule has 1 aliphatic heterocycles. The van der Waals surface area contributed by atoms with Crippen LogP contribution in [0.2, 0.25) is 0 Å². The monoisotopic (exact) mass is 123 g/mol. The van der Waals surface area contributed by atoms with E-state index in [0.717, 1.165) is 10.6 Å². The molecule has 2 nitrogen and oxygen atoms in total. The summed E-state index contributed by atoms with van der Waals surface area (Å²) in [5.74, 6) is 0. The summed E-state index contributed by atoms with van der Waals surface area (Å²) in [6, 6.07) is 0. The third kappa shape index (κ3) is 1.44. The molecule has 1 heterocycles. The van der Waals surface area contributed by atoms with Gasteiger partial charge in [0.15, 0.2) is 0 Å². The molecular formula is C7H9NO. The highest BCUT2D eigenvalue weighted by molar-refractivity contribution is 5.30. The molecule has 0 unspecified atom stereocenters. The zero-order valence-corrected chi connectivity index (χ0v) is 5.12. The van der Waals surface area contributed by atoms with Gasteiger partial charge < -0.3 is 0 Å². The SMILES string of the molecule is C=CC1=CCN(O)C=C1. The molecule has 2 heteroatoms. The van der Waals surface area contributed by atoms with Crippen LogP contribution in [0, 0.1) is 0 Å². The first kappa shape index (κ1) is 6.11. The average Bonchev–Trinajstić information content (AvgIpc) is 1.90. The Labute approximate surface area is 54.4 Å². The maximum Gasteiger partial charge on any atom is 0.0636 e. The second kappa shape index (κ2) is 2.51. The van der Waals surface area contributed by atoms with E-state index in [4.69, 9.17) is 5.21 Å². The molecule has 0 atom stereocenters. The van der Waals surface area contributed by atoms with Crippen molar-refractivity contribution in [2.24, 2.45) is 0 Å². The van der Waals surface area contributed by atoms with Gasteiger partial charge in [-0.25, -0.2) is 0 Å². The van der Waals surface area contributed by atoms with Crippen molar-refractivity contribution in [3.05, 3.63) is 36.6 Å². The maximum absolute atomic E-state index is 8.79. The molecule has 0 amide bonds. The Bertz CT molecular complexity index is 170. The molecule has 0 saturated carbocycles. The van der Waals surface area contributed by atoms with Gasteiger partial charge in [-0.1, -0.05) is 18.7 Å². The van der Waals surface area contributed by atoms with Crippen LogP contribution in [0.1, 0.15) is 0 Å². The molecule has 0 radical (unpaired) electrons. The van der Waals surface area contributed by atoms with Gasteiger partial charge >= 0.3 is 0 Å². The zero-order valence-electron chi connectivity index (χ0n) is 5.12. The van der Waals surface area contributed by atoms with Gasteiger partial charge in [0.1, 0.15) is 0 Å². The quantitative estimate of drug-likeness (QED) is 0.568. The van der Waals surface area contributed by atoms with Crippen molar-refractivity contribution in [1.82, 2.24) is 5.06 Å². The van der Waals surface area contributed by atoms with E-state index < -0.39 is 0 Å². The van der Waals surface area contributed by atoms with Gasteiger partial charge in [0, 0.05) is 6.20 Å². The Kier molecular flexibility index (Phi) is 1.70. The van der Waals surface area contributed by atoms with Crippen LogP contribution in [-0.4, -0.2) is 16.8 Å². The normalized spacial score (nSPS) is 17.4. The molecule has 9 heavy (non-hydrogen) atoms. The van der Waals surface area contributed by atoms with Crippen molar-refractivity contribution >= 4 is 0 Å².